The molecule has 3 rings (SSSR count). The van der Waals surface area contributed by atoms with Gasteiger partial charge in [0.15, 0.2) is 0 Å². The number of hydrogen-bond acceptors (Lipinski definition) is 4. The highest BCUT2D eigenvalue weighted by Gasteiger charge is 2.16. The van der Waals surface area contributed by atoms with E-state index in [-0.39, 0.29) is 4.90 Å². The Labute approximate surface area is 148 Å². The summed E-state index contributed by atoms with van der Waals surface area (Å²) in [5, 5.41) is 1.49. The molecule has 0 spiro atoms. The average Bonchev–Trinajstić information content (AvgIpc) is 2.62. The molecule has 1 aromatic heterocycles. The van der Waals surface area contributed by atoms with E-state index in [9.17, 15) is 8.42 Å². The molecular weight excluding hydrogens is 334 g/mol. The van der Waals surface area contributed by atoms with Crippen molar-refractivity contribution >= 4 is 20.8 Å². The third-order valence-corrected chi connectivity index (χ3v) is 5.53. The Kier molecular flexibility index (Phi) is 5.43. The van der Waals surface area contributed by atoms with Crippen LogP contribution in [0.5, 0.6) is 0 Å². The number of nitrogens with zero attached hydrogens (tertiary/aromatic N) is 2. The van der Waals surface area contributed by atoms with Crippen molar-refractivity contribution in [2.75, 3.05) is 20.1 Å². The van der Waals surface area contributed by atoms with Crippen LogP contribution in [0.15, 0.2) is 71.9 Å². The van der Waals surface area contributed by atoms with Crippen LogP contribution >= 0.6 is 0 Å². The maximum absolute atomic E-state index is 12.6. The van der Waals surface area contributed by atoms with Crippen molar-refractivity contribution in [2.45, 2.75) is 11.4 Å². The molecule has 1 heterocycles. The first kappa shape index (κ1) is 17.5. The van der Waals surface area contributed by atoms with Crippen LogP contribution in [-0.4, -0.2) is 38.4 Å². The molecule has 0 aliphatic heterocycles. The summed E-state index contributed by atoms with van der Waals surface area (Å²) >= 11 is 0. The van der Waals surface area contributed by atoms with E-state index in [1.54, 1.807) is 30.6 Å². The zero-order valence-corrected chi connectivity index (χ0v) is 14.9. The Hall–Kier alpha value is -2.28. The minimum atomic E-state index is -3.56. The van der Waals surface area contributed by atoms with Crippen LogP contribution in [-0.2, 0) is 16.6 Å². The lowest BCUT2D eigenvalue weighted by Crippen LogP contribution is -2.32. The molecule has 5 nitrogen and oxygen atoms in total. The summed E-state index contributed by atoms with van der Waals surface area (Å²) < 4.78 is 28.0. The second kappa shape index (κ2) is 7.74. The SMILES string of the molecule is CN(CCNS(=O)(=O)c1cccc2cnccc12)Cc1ccccc1. The van der Waals surface area contributed by atoms with Crippen LogP contribution < -0.4 is 4.72 Å². The van der Waals surface area contributed by atoms with Crippen molar-refractivity contribution in [1.29, 1.82) is 0 Å². The first-order valence-corrected chi connectivity index (χ1v) is 9.59. The molecule has 6 heteroatoms. The number of rotatable bonds is 7. The Balaban J connectivity index is 1.64. The molecule has 0 saturated heterocycles. The van der Waals surface area contributed by atoms with Crippen molar-refractivity contribution in [1.82, 2.24) is 14.6 Å². The number of hydrogen-bond donors (Lipinski definition) is 1. The Morgan fingerprint density at radius 1 is 1.04 bits per heavy atom. The average molecular weight is 355 g/mol. The van der Waals surface area contributed by atoms with Crippen LogP contribution in [0.3, 0.4) is 0 Å². The van der Waals surface area contributed by atoms with Crippen molar-refractivity contribution in [2.24, 2.45) is 0 Å². The molecule has 0 fully saturated rings. The standard InChI is InChI=1S/C19H21N3O2S/c1-22(15-16-6-3-2-4-7-16)13-12-21-25(23,24)19-9-5-8-17-14-20-11-10-18(17)19/h2-11,14,21H,12-13,15H2,1H3. The van der Waals surface area contributed by atoms with E-state index in [1.165, 1.54) is 5.56 Å². The Morgan fingerprint density at radius 3 is 2.64 bits per heavy atom. The highest BCUT2D eigenvalue weighted by molar-refractivity contribution is 7.89. The van der Waals surface area contributed by atoms with Crippen LogP contribution in [0, 0.1) is 0 Å². The van der Waals surface area contributed by atoms with Crippen LogP contribution in [0.2, 0.25) is 0 Å². The minimum absolute atomic E-state index is 0.290. The summed E-state index contributed by atoms with van der Waals surface area (Å²) in [6, 6.07) is 17.0. The highest BCUT2D eigenvalue weighted by Crippen LogP contribution is 2.21. The summed E-state index contributed by atoms with van der Waals surface area (Å²) in [5.41, 5.74) is 1.20. The maximum atomic E-state index is 12.6. The van der Waals surface area contributed by atoms with Gasteiger partial charge in [-0.1, -0.05) is 42.5 Å². The number of aromatic nitrogens is 1. The maximum Gasteiger partial charge on any atom is 0.241 e. The lowest BCUT2D eigenvalue weighted by Gasteiger charge is -2.17. The van der Waals surface area contributed by atoms with Gasteiger partial charge in [-0.15, -0.1) is 0 Å². The van der Waals surface area contributed by atoms with Crippen molar-refractivity contribution in [3.8, 4) is 0 Å². The van der Waals surface area contributed by atoms with Gasteiger partial charge in [0, 0.05) is 42.8 Å². The molecule has 0 aliphatic carbocycles. The predicted octanol–water partition coefficient (Wildman–Crippen LogP) is 2.65. The van der Waals surface area contributed by atoms with E-state index >= 15 is 0 Å². The molecule has 130 valence electrons. The number of likely N-dealkylation sites (N-methyl/N-ethyl adjacent to an activating group) is 1. The third kappa shape index (κ3) is 4.42. The second-order valence-corrected chi connectivity index (χ2v) is 7.71. The molecule has 3 aromatic rings. The molecule has 0 unspecified atom stereocenters. The number of sulfonamides is 1. The van der Waals surface area contributed by atoms with Gasteiger partial charge >= 0.3 is 0 Å². The van der Waals surface area contributed by atoms with Gasteiger partial charge in [0.2, 0.25) is 10.0 Å². The van der Waals surface area contributed by atoms with Crippen molar-refractivity contribution < 1.29 is 8.42 Å². The predicted molar refractivity (Wildman–Crippen MR) is 99.7 cm³/mol. The molecule has 0 aliphatic rings. The largest absolute Gasteiger partial charge is 0.301 e. The van der Waals surface area contributed by atoms with Gasteiger partial charge in [-0.2, -0.15) is 0 Å². The van der Waals surface area contributed by atoms with E-state index in [1.807, 2.05) is 31.3 Å². The summed E-state index contributed by atoms with van der Waals surface area (Å²) in [5.74, 6) is 0. The lowest BCUT2D eigenvalue weighted by molar-refractivity contribution is 0.332. The highest BCUT2D eigenvalue weighted by atomic mass is 32.2. The smallest absolute Gasteiger partial charge is 0.241 e. The number of benzene rings is 2. The molecule has 0 radical (unpaired) electrons. The topological polar surface area (TPSA) is 62.3 Å². The normalized spacial score (nSPS) is 11.9. The first-order valence-electron chi connectivity index (χ1n) is 8.11. The fourth-order valence-electron chi connectivity index (χ4n) is 2.75. The van der Waals surface area contributed by atoms with Gasteiger partial charge in [0.05, 0.1) is 4.90 Å². The number of nitrogens with one attached hydrogen (secondary N) is 1. The van der Waals surface area contributed by atoms with E-state index in [4.69, 9.17) is 0 Å². The fourth-order valence-corrected chi connectivity index (χ4v) is 4.00. The molecule has 0 atom stereocenters. The second-order valence-electron chi connectivity index (χ2n) is 5.97. The molecule has 0 bridgehead atoms. The van der Waals surface area contributed by atoms with E-state index in [2.05, 4.69) is 26.7 Å². The van der Waals surface area contributed by atoms with Gasteiger partial charge < -0.3 is 4.90 Å². The zero-order chi connectivity index (χ0) is 17.7. The van der Waals surface area contributed by atoms with Crippen LogP contribution in [0.25, 0.3) is 10.8 Å². The van der Waals surface area contributed by atoms with E-state index < -0.39 is 10.0 Å². The quantitative estimate of drug-likeness (QED) is 0.708. The summed E-state index contributed by atoms with van der Waals surface area (Å²) in [4.78, 5) is 6.42. The number of pyridine rings is 1. The van der Waals surface area contributed by atoms with E-state index in [0.29, 0.717) is 18.5 Å². The number of fused-ring (bicyclic) bond motifs is 1. The molecule has 2 aromatic carbocycles. The first-order chi connectivity index (χ1) is 12.1. The Bertz CT molecular complexity index is 938. The molecular formula is C19H21N3O2S. The van der Waals surface area contributed by atoms with Crippen LogP contribution in [0.1, 0.15) is 5.56 Å². The van der Waals surface area contributed by atoms with Gasteiger partial charge in [-0.3, -0.25) is 4.98 Å². The monoisotopic (exact) mass is 355 g/mol. The summed E-state index contributed by atoms with van der Waals surface area (Å²) in [7, 11) is -1.58. The van der Waals surface area contributed by atoms with Crippen LogP contribution in [0.4, 0.5) is 0 Å². The lowest BCUT2D eigenvalue weighted by atomic mass is 10.2. The third-order valence-electron chi connectivity index (χ3n) is 4.01. The zero-order valence-electron chi connectivity index (χ0n) is 14.1. The molecule has 1 N–H and O–H groups in total. The van der Waals surface area contributed by atoms with Gasteiger partial charge in [-0.05, 0) is 24.7 Å². The fraction of sp³-hybridized carbons (Fsp3) is 0.211. The van der Waals surface area contributed by atoms with E-state index in [0.717, 1.165) is 11.9 Å². The van der Waals surface area contributed by atoms with Crippen molar-refractivity contribution in [3.05, 3.63) is 72.6 Å². The minimum Gasteiger partial charge on any atom is -0.301 e. The molecule has 25 heavy (non-hydrogen) atoms. The van der Waals surface area contributed by atoms with Crippen molar-refractivity contribution in [3.63, 3.8) is 0 Å². The van der Waals surface area contributed by atoms with Gasteiger partial charge in [-0.25, -0.2) is 13.1 Å². The van der Waals surface area contributed by atoms with Gasteiger partial charge in [0.25, 0.3) is 0 Å². The van der Waals surface area contributed by atoms with Gasteiger partial charge in [0.1, 0.15) is 0 Å². The molecule has 0 amide bonds. The summed E-state index contributed by atoms with van der Waals surface area (Å²) in [6.45, 7) is 1.76. The summed E-state index contributed by atoms with van der Waals surface area (Å²) in [6.07, 6.45) is 3.27. The molecule has 0 saturated carbocycles. The Morgan fingerprint density at radius 2 is 1.84 bits per heavy atom.